The summed E-state index contributed by atoms with van der Waals surface area (Å²) < 4.78 is 11.4. The summed E-state index contributed by atoms with van der Waals surface area (Å²) in [6, 6.07) is 13.3. The van der Waals surface area contributed by atoms with Crippen LogP contribution in [0.5, 0.6) is 17.2 Å². The molecule has 1 aromatic heterocycles. The van der Waals surface area contributed by atoms with Gasteiger partial charge in [-0.25, -0.2) is 0 Å². The van der Waals surface area contributed by atoms with Gasteiger partial charge in [-0.3, -0.25) is 4.98 Å². The van der Waals surface area contributed by atoms with Crippen LogP contribution in [0.2, 0.25) is 0 Å². The fraction of sp³-hybridized carbons (Fsp3) is 0.118. The van der Waals surface area contributed by atoms with Crippen LogP contribution in [0.1, 0.15) is 5.56 Å². The number of nitrogens with two attached hydrogens (primary N) is 1. The van der Waals surface area contributed by atoms with Gasteiger partial charge in [-0.1, -0.05) is 12.1 Å². The predicted molar refractivity (Wildman–Crippen MR) is 84.0 cm³/mol. The van der Waals surface area contributed by atoms with Crippen molar-refractivity contribution in [3.63, 3.8) is 0 Å². The largest absolute Gasteiger partial charge is 0.493 e. The molecule has 3 aromatic rings. The number of nitrogen functional groups attached to an aromatic ring is 1. The summed E-state index contributed by atoms with van der Waals surface area (Å²) in [5.41, 5.74) is 8.44. The molecule has 21 heavy (non-hydrogen) atoms. The SMILES string of the molecule is COc1cc(C)ccc1Oc1ccnc2c(N)cccc12. The number of methoxy groups -OCH3 is 1. The lowest BCUT2D eigenvalue weighted by molar-refractivity contribution is 0.379. The lowest BCUT2D eigenvalue weighted by atomic mass is 10.1. The molecule has 2 aromatic carbocycles. The molecule has 106 valence electrons. The highest BCUT2D eigenvalue weighted by Crippen LogP contribution is 2.35. The summed E-state index contributed by atoms with van der Waals surface area (Å²) in [5.74, 6) is 2.07. The Bertz CT molecular complexity index is 800. The van der Waals surface area contributed by atoms with E-state index in [4.69, 9.17) is 15.2 Å². The Morgan fingerprint density at radius 1 is 1.00 bits per heavy atom. The third-order valence-electron chi connectivity index (χ3n) is 3.30. The van der Waals surface area contributed by atoms with Gasteiger partial charge in [-0.2, -0.15) is 0 Å². The zero-order valence-electron chi connectivity index (χ0n) is 12.0. The first-order valence-corrected chi connectivity index (χ1v) is 6.65. The van der Waals surface area contributed by atoms with Gasteiger partial charge in [0.05, 0.1) is 18.3 Å². The molecule has 1 heterocycles. The fourth-order valence-corrected chi connectivity index (χ4v) is 2.24. The van der Waals surface area contributed by atoms with Crippen LogP contribution in [-0.4, -0.2) is 12.1 Å². The van der Waals surface area contributed by atoms with Crippen molar-refractivity contribution in [1.29, 1.82) is 0 Å². The maximum absolute atomic E-state index is 6.00. The number of aryl methyl sites for hydroxylation is 1. The number of para-hydroxylation sites is 1. The summed E-state index contributed by atoms with van der Waals surface area (Å²) in [4.78, 5) is 4.30. The monoisotopic (exact) mass is 280 g/mol. The standard InChI is InChI=1S/C17H16N2O2/c1-11-6-7-15(16(10-11)20-2)21-14-8-9-19-17-12(14)4-3-5-13(17)18/h3-10H,18H2,1-2H3. The first-order valence-electron chi connectivity index (χ1n) is 6.65. The highest BCUT2D eigenvalue weighted by atomic mass is 16.5. The Morgan fingerprint density at radius 3 is 2.67 bits per heavy atom. The number of ether oxygens (including phenoxy) is 2. The van der Waals surface area contributed by atoms with Crippen molar-refractivity contribution in [2.45, 2.75) is 6.92 Å². The van der Waals surface area contributed by atoms with Crippen LogP contribution in [0.25, 0.3) is 10.9 Å². The summed E-state index contributed by atoms with van der Waals surface area (Å²) >= 11 is 0. The van der Waals surface area contributed by atoms with Gasteiger partial charge in [0.2, 0.25) is 0 Å². The van der Waals surface area contributed by atoms with E-state index in [-0.39, 0.29) is 0 Å². The molecule has 0 saturated heterocycles. The van der Waals surface area contributed by atoms with E-state index >= 15 is 0 Å². The van der Waals surface area contributed by atoms with Gasteiger partial charge in [0.15, 0.2) is 11.5 Å². The highest BCUT2D eigenvalue weighted by Gasteiger charge is 2.10. The Kier molecular flexibility index (Phi) is 3.36. The smallest absolute Gasteiger partial charge is 0.169 e. The Hall–Kier alpha value is -2.75. The molecular formula is C17H16N2O2. The normalized spacial score (nSPS) is 10.6. The Morgan fingerprint density at radius 2 is 1.86 bits per heavy atom. The maximum Gasteiger partial charge on any atom is 0.169 e. The van der Waals surface area contributed by atoms with Crippen LogP contribution in [-0.2, 0) is 0 Å². The molecule has 0 saturated carbocycles. The molecule has 0 radical (unpaired) electrons. The molecule has 0 bridgehead atoms. The minimum Gasteiger partial charge on any atom is -0.493 e. The number of nitrogens with zero attached hydrogens (tertiary/aromatic N) is 1. The molecule has 0 aliphatic heterocycles. The number of hydrogen-bond acceptors (Lipinski definition) is 4. The molecule has 2 N–H and O–H groups in total. The van der Waals surface area contributed by atoms with E-state index in [1.54, 1.807) is 13.3 Å². The lowest BCUT2D eigenvalue weighted by Crippen LogP contribution is -1.94. The topological polar surface area (TPSA) is 57.4 Å². The molecule has 0 fully saturated rings. The second-order valence-corrected chi connectivity index (χ2v) is 4.81. The van der Waals surface area contributed by atoms with Gasteiger partial charge in [0, 0.05) is 11.6 Å². The summed E-state index contributed by atoms with van der Waals surface area (Å²) in [7, 11) is 1.63. The van der Waals surface area contributed by atoms with E-state index in [9.17, 15) is 0 Å². The number of hydrogen-bond donors (Lipinski definition) is 1. The van der Waals surface area contributed by atoms with Crippen LogP contribution < -0.4 is 15.2 Å². The molecule has 0 spiro atoms. The maximum atomic E-state index is 6.00. The number of rotatable bonds is 3. The quantitative estimate of drug-likeness (QED) is 0.739. The predicted octanol–water partition coefficient (Wildman–Crippen LogP) is 3.93. The Labute approximate surface area is 123 Å². The molecule has 3 rings (SSSR count). The fourth-order valence-electron chi connectivity index (χ4n) is 2.24. The molecule has 0 amide bonds. The molecular weight excluding hydrogens is 264 g/mol. The Balaban J connectivity index is 2.09. The third-order valence-corrected chi connectivity index (χ3v) is 3.30. The first kappa shape index (κ1) is 13.2. The van der Waals surface area contributed by atoms with Crippen LogP contribution in [0.3, 0.4) is 0 Å². The molecule has 0 aliphatic rings. The highest BCUT2D eigenvalue weighted by molar-refractivity contribution is 5.93. The van der Waals surface area contributed by atoms with Crippen LogP contribution in [0.15, 0.2) is 48.7 Å². The average molecular weight is 280 g/mol. The third kappa shape index (κ3) is 2.48. The zero-order chi connectivity index (χ0) is 14.8. The number of fused-ring (bicyclic) bond motifs is 1. The number of anilines is 1. The van der Waals surface area contributed by atoms with Crippen LogP contribution in [0.4, 0.5) is 5.69 Å². The van der Waals surface area contributed by atoms with Crippen LogP contribution >= 0.6 is 0 Å². The van der Waals surface area contributed by atoms with Crippen molar-refractivity contribution >= 4 is 16.6 Å². The van der Waals surface area contributed by atoms with Crippen molar-refractivity contribution in [1.82, 2.24) is 4.98 Å². The summed E-state index contributed by atoms with van der Waals surface area (Å²) in [6.45, 7) is 2.01. The van der Waals surface area contributed by atoms with E-state index in [2.05, 4.69) is 4.98 Å². The van der Waals surface area contributed by atoms with Gasteiger partial charge >= 0.3 is 0 Å². The van der Waals surface area contributed by atoms with Crippen molar-refractivity contribution < 1.29 is 9.47 Å². The molecule has 0 aliphatic carbocycles. The van der Waals surface area contributed by atoms with Gasteiger partial charge in [0.1, 0.15) is 5.75 Å². The number of benzene rings is 2. The number of aromatic nitrogens is 1. The molecule has 0 atom stereocenters. The summed E-state index contributed by atoms with van der Waals surface area (Å²) in [5, 5.41) is 0.875. The van der Waals surface area contributed by atoms with Gasteiger partial charge < -0.3 is 15.2 Å². The minimum absolute atomic E-state index is 0.633. The second-order valence-electron chi connectivity index (χ2n) is 4.81. The minimum atomic E-state index is 0.633. The van der Waals surface area contributed by atoms with E-state index in [1.807, 2.05) is 49.4 Å². The average Bonchev–Trinajstić information content (AvgIpc) is 2.50. The van der Waals surface area contributed by atoms with Gasteiger partial charge in [-0.15, -0.1) is 0 Å². The lowest BCUT2D eigenvalue weighted by Gasteiger charge is -2.13. The van der Waals surface area contributed by atoms with Gasteiger partial charge in [0.25, 0.3) is 0 Å². The van der Waals surface area contributed by atoms with E-state index in [0.717, 1.165) is 16.5 Å². The summed E-state index contributed by atoms with van der Waals surface area (Å²) in [6.07, 6.45) is 1.69. The van der Waals surface area contributed by atoms with Crippen molar-refractivity contribution in [3.05, 3.63) is 54.2 Å². The van der Waals surface area contributed by atoms with E-state index in [1.165, 1.54) is 0 Å². The van der Waals surface area contributed by atoms with Crippen molar-refractivity contribution in [3.8, 4) is 17.2 Å². The van der Waals surface area contributed by atoms with Gasteiger partial charge in [-0.05, 0) is 42.8 Å². The van der Waals surface area contributed by atoms with Crippen molar-refractivity contribution in [2.75, 3.05) is 12.8 Å². The second kappa shape index (κ2) is 5.32. The van der Waals surface area contributed by atoms with Crippen LogP contribution in [0, 0.1) is 6.92 Å². The van der Waals surface area contributed by atoms with E-state index < -0.39 is 0 Å². The molecule has 0 unspecified atom stereocenters. The number of pyridine rings is 1. The zero-order valence-corrected chi connectivity index (χ0v) is 12.0. The first-order chi connectivity index (χ1) is 10.2. The molecule has 4 nitrogen and oxygen atoms in total. The van der Waals surface area contributed by atoms with E-state index in [0.29, 0.717) is 22.9 Å². The molecule has 4 heteroatoms. The van der Waals surface area contributed by atoms with Crippen molar-refractivity contribution in [2.24, 2.45) is 0 Å².